The Labute approximate surface area is 136 Å². The first-order valence-corrected chi connectivity index (χ1v) is 8.50. The number of piperidine rings is 1. The Bertz CT molecular complexity index is 708. The van der Waals surface area contributed by atoms with Gasteiger partial charge in [0, 0.05) is 18.8 Å². The highest BCUT2D eigenvalue weighted by Gasteiger charge is 2.24. The van der Waals surface area contributed by atoms with Crippen LogP contribution in [0.25, 0.3) is 5.65 Å². The number of fused-ring (bicyclic) bond motifs is 1. The molecule has 124 valence electrons. The van der Waals surface area contributed by atoms with Crippen LogP contribution in [-0.4, -0.2) is 37.9 Å². The number of aromatic nitrogens is 2. The summed E-state index contributed by atoms with van der Waals surface area (Å²) in [5, 5.41) is 9.21. The van der Waals surface area contributed by atoms with Crippen molar-refractivity contribution in [3.63, 3.8) is 0 Å². The summed E-state index contributed by atoms with van der Waals surface area (Å²) in [6.45, 7) is 6.16. The average Bonchev–Trinajstić information content (AvgIpc) is 2.84. The first-order valence-electron chi connectivity index (χ1n) is 8.50. The average molecular weight is 315 g/mol. The minimum atomic E-state index is -0.822. The van der Waals surface area contributed by atoms with Crippen LogP contribution in [0.5, 0.6) is 0 Å². The SMILES string of the molecule is CCC1CCCCN1Cc1c(CC(=O)O)nc2ccc(C)cn12. The minimum absolute atomic E-state index is 0.0132. The highest BCUT2D eigenvalue weighted by atomic mass is 16.4. The Morgan fingerprint density at radius 1 is 1.39 bits per heavy atom. The molecule has 5 heteroatoms. The number of carboxylic acids is 1. The van der Waals surface area contributed by atoms with E-state index in [9.17, 15) is 9.90 Å². The van der Waals surface area contributed by atoms with Crippen molar-refractivity contribution in [2.24, 2.45) is 0 Å². The Morgan fingerprint density at radius 3 is 2.96 bits per heavy atom. The van der Waals surface area contributed by atoms with Crippen LogP contribution >= 0.6 is 0 Å². The summed E-state index contributed by atoms with van der Waals surface area (Å²) < 4.78 is 2.08. The molecule has 1 aliphatic rings. The van der Waals surface area contributed by atoms with E-state index in [4.69, 9.17) is 0 Å². The zero-order valence-electron chi connectivity index (χ0n) is 14.0. The molecule has 1 N–H and O–H groups in total. The van der Waals surface area contributed by atoms with Crippen LogP contribution in [0.1, 0.15) is 49.6 Å². The quantitative estimate of drug-likeness (QED) is 0.921. The standard InChI is InChI=1S/C18H25N3O2/c1-3-14-6-4-5-9-20(14)12-16-15(10-18(22)23)19-17-8-7-13(2)11-21(16)17/h7-8,11,14H,3-6,9-10,12H2,1-2H3,(H,22,23). The van der Waals surface area contributed by atoms with Gasteiger partial charge in [-0.2, -0.15) is 0 Å². The third-order valence-corrected chi connectivity index (χ3v) is 4.84. The van der Waals surface area contributed by atoms with E-state index in [2.05, 4.69) is 34.3 Å². The molecule has 2 aromatic heterocycles. The zero-order chi connectivity index (χ0) is 16.4. The van der Waals surface area contributed by atoms with Gasteiger partial charge in [0.2, 0.25) is 0 Å². The molecule has 3 rings (SSSR count). The van der Waals surface area contributed by atoms with Gasteiger partial charge in [0.1, 0.15) is 5.65 Å². The lowest BCUT2D eigenvalue weighted by Gasteiger charge is -2.35. The van der Waals surface area contributed by atoms with Crippen LogP contribution in [-0.2, 0) is 17.8 Å². The second kappa shape index (κ2) is 6.71. The largest absolute Gasteiger partial charge is 0.481 e. The molecule has 0 amide bonds. The molecule has 1 atom stereocenters. The maximum atomic E-state index is 11.2. The van der Waals surface area contributed by atoms with Crippen LogP contribution in [0.15, 0.2) is 18.3 Å². The Hall–Kier alpha value is -1.88. The van der Waals surface area contributed by atoms with Gasteiger partial charge in [-0.3, -0.25) is 9.69 Å². The van der Waals surface area contributed by atoms with Crippen LogP contribution < -0.4 is 0 Å². The van der Waals surface area contributed by atoms with Gasteiger partial charge in [-0.25, -0.2) is 4.98 Å². The number of rotatable bonds is 5. The fraction of sp³-hybridized carbons (Fsp3) is 0.556. The van der Waals surface area contributed by atoms with Crippen molar-refractivity contribution < 1.29 is 9.90 Å². The molecule has 0 aliphatic carbocycles. The van der Waals surface area contributed by atoms with E-state index in [1.165, 1.54) is 19.3 Å². The normalized spacial score (nSPS) is 19.3. The molecular formula is C18H25N3O2. The molecule has 1 saturated heterocycles. The number of hydrogen-bond donors (Lipinski definition) is 1. The number of hydrogen-bond acceptors (Lipinski definition) is 3. The van der Waals surface area contributed by atoms with Crippen LogP contribution in [0.4, 0.5) is 0 Å². The predicted octanol–water partition coefficient (Wildman–Crippen LogP) is 3.03. The van der Waals surface area contributed by atoms with Gasteiger partial charge in [0.25, 0.3) is 0 Å². The maximum absolute atomic E-state index is 11.2. The number of likely N-dealkylation sites (tertiary alicyclic amines) is 1. The van der Waals surface area contributed by atoms with Gasteiger partial charge in [0.15, 0.2) is 0 Å². The molecule has 3 heterocycles. The fourth-order valence-corrected chi connectivity index (χ4v) is 3.62. The third-order valence-electron chi connectivity index (χ3n) is 4.84. The number of pyridine rings is 1. The Kier molecular flexibility index (Phi) is 4.66. The molecule has 1 fully saturated rings. The summed E-state index contributed by atoms with van der Waals surface area (Å²) in [6, 6.07) is 4.58. The number of aryl methyl sites for hydroxylation is 1. The lowest BCUT2D eigenvalue weighted by molar-refractivity contribution is -0.136. The molecule has 0 saturated carbocycles. The molecule has 0 aromatic carbocycles. The van der Waals surface area contributed by atoms with Crippen molar-refractivity contribution in [2.45, 2.75) is 58.5 Å². The number of imidazole rings is 1. The van der Waals surface area contributed by atoms with Gasteiger partial charge >= 0.3 is 5.97 Å². The van der Waals surface area contributed by atoms with E-state index in [0.29, 0.717) is 11.7 Å². The fourth-order valence-electron chi connectivity index (χ4n) is 3.62. The van der Waals surface area contributed by atoms with Crippen molar-refractivity contribution >= 4 is 11.6 Å². The van der Waals surface area contributed by atoms with Crippen molar-refractivity contribution in [2.75, 3.05) is 6.54 Å². The smallest absolute Gasteiger partial charge is 0.309 e. The van der Waals surface area contributed by atoms with E-state index in [1.54, 1.807) is 0 Å². The topological polar surface area (TPSA) is 57.8 Å². The van der Waals surface area contributed by atoms with E-state index in [-0.39, 0.29) is 6.42 Å². The van der Waals surface area contributed by atoms with Gasteiger partial charge in [-0.15, -0.1) is 0 Å². The third kappa shape index (κ3) is 3.39. The highest BCUT2D eigenvalue weighted by Crippen LogP contribution is 2.24. The van der Waals surface area contributed by atoms with E-state index < -0.39 is 5.97 Å². The number of carbonyl (C=O) groups is 1. The molecule has 2 aromatic rings. The molecule has 0 radical (unpaired) electrons. The zero-order valence-corrected chi connectivity index (χ0v) is 14.0. The second-order valence-electron chi connectivity index (χ2n) is 6.54. The monoisotopic (exact) mass is 315 g/mol. The predicted molar refractivity (Wildman–Crippen MR) is 89.6 cm³/mol. The van der Waals surface area contributed by atoms with Crippen LogP contribution in [0, 0.1) is 6.92 Å². The van der Waals surface area contributed by atoms with Gasteiger partial charge in [-0.05, 0) is 44.4 Å². The van der Waals surface area contributed by atoms with Crippen molar-refractivity contribution in [1.82, 2.24) is 14.3 Å². The Balaban J connectivity index is 1.99. The van der Waals surface area contributed by atoms with Crippen molar-refractivity contribution in [1.29, 1.82) is 0 Å². The molecule has 1 aliphatic heterocycles. The van der Waals surface area contributed by atoms with Gasteiger partial charge in [-0.1, -0.05) is 19.4 Å². The summed E-state index contributed by atoms with van der Waals surface area (Å²) in [7, 11) is 0. The number of carboxylic acid groups (broad SMARTS) is 1. The number of nitrogens with zero attached hydrogens (tertiary/aromatic N) is 3. The lowest BCUT2D eigenvalue weighted by atomic mass is 9.99. The number of aliphatic carboxylic acids is 1. The van der Waals surface area contributed by atoms with Crippen molar-refractivity contribution in [3.8, 4) is 0 Å². The van der Waals surface area contributed by atoms with Gasteiger partial charge in [0.05, 0.1) is 17.8 Å². The van der Waals surface area contributed by atoms with Crippen LogP contribution in [0.3, 0.4) is 0 Å². The highest BCUT2D eigenvalue weighted by molar-refractivity contribution is 5.70. The van der Waals surface area contributed by atoms with Gasteiger partial charge < -0.3 is 9.51 Å². The summed E-state index contributed by atoms with van der Waals surface area (Å²) in [5.74, 6) is -0.822. The first-order chi connectivity index (χ1) is 11.1. The molecule has 1 unspecified atom stereocenters. The maximum Gasteiger partial charge on any atom is 0.309 e. The van der Waals surface area contributed by atoms with E-state index >= 15 is 0 Å². The molecular weight excluding hydrogens is 290 g/mol. The molecule has 5 nitrogen and oxygen atoms in total. The summed E-state index contributed by atoms with van der Waals surface area (Å²) >= 11 is 0. The molecule has 0 bridgehead atoms. The first kappa shape index (κ1) is 16.0. The Morgan fingerprint density at radius 2 is 2.22 bits per heavy atom. The van der Waals surface area contributed by atoms with E-state index in [1.807, 2.05) is 12.1 Å². The lowest BCUT2D eigenvalue weighted by Crippen LogP contribution is -2.39. The summed E-state index contributed by atoms with van der Waals surface area (Å²) in [5.41, 5.74) is 3.73. The van der Waals surface area contributed by atoms with Crippen molar-refractivity contribution in [3.05, 3.63) is 35.3 Å². The molecule has 0 spiro atoms. The summed E-state index contributed by atoms with van der Waals surface area (Å²) in [6.07, 6.45) is 6.95. The minimum Gasteiger partial charge on any atom is -0.481 e. The van der Waals surface area contributed by atoms with E-state index in [0.717, 1.165) is 36.4 Å². The second-order valence-corrected chi connectivity index (χ2v) is 6.54. The summed E-state index contributed by atoms with van der Waals surface area (Å²) in [4.78, 5) is 18.3. The molecule has 23 heavy (non-hydrogen) atoms. The van der Waals surface area contributed by atoms with Crippen LogP contribution in [0.2, 0.25) is 0 Å².